The number of rotatable bonds is 4. The second-order valence-electron chi connectivity index (χ2n) is 4.75. The summed E-state index contributed by atoms with van der Waals surface area (Å²) in [5, 5.41) is 7.86. The first kappa shape index (κ1) is 13.5. The third-order valence-corrected chi connectivity index (χ3v) is 3.64. The highest BCUT2D eigenvalue weighted by atomic mass is 35.5. The largest absolute Gasteiger partial charge is 0.368 e. The summed E-state index contributed by atoms with van der Waals surface area (Å²) in [4.78, 5) is 4.32. The van der Waals surface area contributed by atoms with Gasteiger partial charge in [-0.15, -0.1) is 0 Å². The van der Waals surface area contributed by atoms with Crippen LogP contribution in [-0.4, -0.2) is 29.3 Å². The van der Waals surface area contributed by atoms with Crippen molar-refractivity contribution in [1.82, 2.24) is 15.5 Å². The van der Waals surface area contributed by atoms with E-state index in [1.165, 1.54) is 0 Å². The second-order valence-corrected chi connectivity index (χ2v) is 5.16. The highest BCUT2D eigenvalue weighted by Crippen LogP contribution is 2.25. The second kappa shape index (κ2) is 6.35. The predicted octanol–water partition coefficient (Wildman–Crippen LogP) is 2.66. The zero-order chi connectivity index (χ0) is 13.8. The number of nitrogens with one attached hydrogen (secondary N) is 1. The third-order valence-electron chi connectivity index (χ3n) is 3.31. The molecular weight excluding hydrogens is 278 g/mol. The van der Waals surface area contributed by atoms with Crippen molar-refractivity contribution in [3.05, 3.63) is 35.2 Å². The van der Waals surface area contributed by atoms with Crippen molar-refractivity contribution < 1.29 is 9.26 Å². The fourth-order valence-corrected chi connectivity index (χ4v) is 2.44. The zero-order valence-electron chi connectivity index (χ0n) is 11.0. The number of hydrogen-bond acceptors (Lipinski definition) is 5. The number of piperidine rings is 1. The number of benzene rings is 1. The number of hydrogen-bond donors (Lipinski definition) is 1. The summed E-state index contributed by atoms with van der Waals surface area (Å²) >= 11 is 6.11. The first-order valence-corrected chi connectivity index (χ1v) is 7.10. The summed E-state index contributed by atoms with van der Waals surface area (Å²) in [6.45, 7) is 2.35. The van der Waals surface area contributed by atoms with Crippen LogP contribution in [0.1, 0.15) is 18.7 Å². The van der Waals surface area contributed by atoms with Gasteiger partial charge in [-0.2, -0.15) is 4.98 Å². The van der Waals surface area contributed by atoms with Crippen molar-refractivity contribution in [3.63, 3.8) is 0 Å². The van der Waals surface area contributed by atoms with Crippen molar-refractivity contribution in [2.45, 2.75) is 25.6 Å². The lowest BCUT2D eigenvalue weighted by Crippen LogP contribution is -2.32. The molecule has 1 aromatic carbocycles. The first-order valence-electron chi connectivity index (χ1n) is 6.73. The van der Waals surface area contributed by atoms with Crippen LogP contribution < -0.4 is 5.32 Å². The van der Waals surface area contributed by atoms with Crippen molar-refractivity contribution in [2.24, 2.45) is 0 Å². The van der Waals surface area contributed by atoms with Crippen LogP contribution in [0, 0.1) is 0 Å². The fourth-order valence-electron chi connectivity index (χ4n) is 2.22. The molecule has 6 heteroatoms. The Morgan fingerprint density at radius 3 is 2.90 bits per heavy atom. The SMILES string of the molecule is Clc1ccccc1-c1noc(COC2CCNCC2)n1. The third kappa shape index (κ3) is 3.17. The van der Waals surface area contributed by atoms with Gasteiger partial charge >= 0.3 is 0 Å². The van der Waals surface area contributed by atoms with Crippen LogP contribution in [0.15, 0.2) is 28.8 Å². The van der Waals surface area contributed by atoms with E-state index >= 15 is 0 Å². The van der Waals surface area contributed by atoms with Crippen molar-refractivity contribution in [1.29, 1.82) is 0 Å². The average molecular weight is 294 g/mol. The Hall–Kier alpha value is -1.43. The summed E-state index contributed by atoms with van der Waals surface area (Å²) in [5.41, 5.74) is 0.769. The molecule has 1 N–H and O–H groups in total. The minimum absolute atomic E-state index is 0.270. The van der Waals surface area contributed by atoms with E-state index in [4.69, 9.17) is 20.9 Å². The van der Waals surface area contributed by atoms with E-state index in [-0.39, 0.29) is 6.10 Å². The van der Waals surface area contributed by atoms with Gasteiger partial charge in [-0.05, 0) is 38.1 Å². The molecule has 0 amide bonds. The quantitative estimate of drug-likeness (QED) is 0.939. The minimum Gasteiger partial charge on any atom is -0.368 e. The molecule has 2 aromatic rings. The zero-order valence-corrected chi connectivity index (χ0v) is 11.8. The highest BCUT2D eigenvalue weighted by Gasteiger charge is 2.16. The molecule has 0 spiro atoms. The van der Waals surface area contributed by atoms with Gasteiger partial charge in [0.05, 0.1) is 11.1 Å². The monoisotopic (exact) mass is 293 g/mol. The van der Waals surface area contributed by atoms with E-state index in [2.05, 4.69) is 15.5 Å². The van der Waals surface area contributed by atoms with Gasteiger partial charge in [-0.25, -0.2) is 0 Å². The standard InChI is InChI=1S/C14H16ClN3O2/c15-12-4-2-1-3-11(12)14-17-13(20-18-14)9-19-10-5-7-16-8-6-10/h1-4,10,16H,5-9H2. The molecule has 2 heterocycles. The molecule has 0 radical (unpaired) electrons. The maximum absolute atomic E-state index is 6.11. The number of aromatic nitrogens is 2. The maximum atomic E-state index is 6.11. The van der Waals surface area contributed by atoms with E-state index in [1.807, 2.05) is 18.2 Å². The van der Waals surface area contributed by atoms with Crippen LogP contribution in [0.3, 0.4) is 0 Å². The molecule has 0 atom stereocenters. The van der Waals surface area contributed by atoms with Crippen molar-refractivity contribution in [3.8, 4) is 11.4 Å². The van der Waals surface area contributed by atoms with Gasteiger partial charge in [0.1, 0.15) is 6.61 Å². The van der Waals surface area contributed by atoms with Crippen LogP contribution in [0.25, 0.3) is 11.4 Å². The lowest BCUT2D eigenvalue weighted by molar-refractivity contribution is 0.00859. The Morgan fingerprint density at radius 1 is 1.30 bits per heavy atom. The van der Waals surface area contributed by atoms with Gasteiger partial charge < -0.3 is 14.6 Å². The van der Waals surface area contributed by atoms with Crippen LogP contribution in [-0.2, 0) is 11.3 Å². The normalized spacial score (nSPS) is 16.4. The van der Waals surface area contributed by atoms with E-state index in [0.717, 1.165) is 31.5 Å². The highest BCUT2D eigenvalue weighted by molar-refractivity contribution is 6.33. The topological polar surface area (TPSA) is 60.2 Å². The molecular formula is C14H16ClN3O2. The van der Waals surface area contributed by atoms with Crippen LogP contribution in [0.5, 0.6) is 0 Å². The molecule has 5 nitrogen and oxygen atoms in total. The van der Waals surface area contributed by atoms with Crippen LogP contribution >= 0.6 is 11.6 Å². The number of ether oxygens (including phenoxy) is 1. The van der Waals surface area contributed by atoms with Gasteiger partial charge in [-0.1, -0.05) is 28.9 Å². The summed E-state index contributed by atoms with van der Waals surface area (Å²) < 4.78 is 11.0. The lowest BCUT2D eigenvalue weighted by atomic mass is 10.1. The molecule has 1 aromatic heterocycles. The summed E-state index contributed by atoms with van der Waals surface area (Å²) in [5.74, 6) is 0.984. The molecule has 20 heavy (non-hydrogen) atoms. The first-order chi connectivity index (χ1) is 9.83. The van der Waals surface area contributed by atoms with E-state index < -0.39 is 0 Å². The predicted molar refractivity (Wildman–Crippen MR) is 75.4 cm³/mol. The molecule has 106 valence electrons. The Bertz CT molecular complexity index is 567. The van der Waals surface area contributed by atoms with Gasteiger partial charge in [0.2, 0.25) is 5.82 Å². The Labute approximate surface area is 122 Å². The van der Waals surface area contributed by atoms with E-state index in [1.54, 1.807) is 6.07 Å². The van der Waals surface area contributed by atoms with Gasteiger partial charge in [0.25, 0.3) is 5.89 Å². The molecule has 3 rings (SSSR count). The Morgan fingerprint density at radius 2 is 2.10 bits per heavy atom. The summed E-state index contributed by atoms with van der Waals surface area (Å²) in [6.07, 6.45) is 2.31. The number of halogens is 1. The minimum atomic E-state index is 0.270. The van der Waals surface area contributed by atoms with E-state index in [9.17, 15) is 0 Å². The molecule has 0 unspecified atom stereocenters. The smallest absolute Gasteiger partial charge is 0.252 e. The van der Waals surface area contributed by atoms with Crippen LogP contribution in [0.2, 0.25) is 5.02 Å². The fraction of sp³-hybridized carbons (Fsp3) is 0.429. The molecule has 1 fully saturated rings. The summed E-state index contributed by atoms with van der Waals surface area (Å²) in [6, 6.07) is 7.43. The van der Waals surface area contributed by atoms with Gasteiger partial charge in [-0.3, -0.25) is 0 Å². The van der Waals surface area contributed by atoms with Crippen molar-refractivity contribution in [2.75, 3.05) is 13.1 Å². The van der Waals surface area contributed by atoms with Crippen LogP contribution in [0.4, 0.5) is 0 Å². The maximum Gasteiger partial charge on any atom is 0.252 e. The molecule has 1 aliphatic rings. The van der Waals surface area contributed by atoms with Crippen molar-refractivity contribution >= 4 is 11.6 Å². The Kier molecular flexibility index (Phi) is 4.30. The summed E-state index contributed by atoms with van der Waals surface area (Å²) in [7, 11) is 0. The average Bonchev–Trinajstić information content (AvgIpc) is 2.95. The molecule has 0 saturated carbocycles. The molecule has 1 saturated heterocycles. The van der Waals surface area contributed by atoms with Gasteiger partial charge in [0, 0.05) is 5.56 Å². The van der Waals surface area contributed by atoms with E-state index in [0.29, 0.717) is 23.3 Å². The number of nitrogens with zero attached hydrogens (tertiary/aromatic N) is 2. The van der Waals surface area contributed by atoms with Gasteiger partial charge in [0.15, 0.2) is 0 Å². The molecule has 0 bridgehead atoms. The molecule has 0 aliphatic carbocycles. The molecule has 1 aliphatic heterocycles. The Balaban J connectivity index is 1.63. The lowest BCUT2D eigenvalue weighted by Gasteiger charge is -2.21.